The average Bonchev–Trinajstić information content (AvgIpc) is 3.24. The number of aromatic nitrogens is 6. The van der Waals surface area contributed by atoms with E-state index < -0.39 is 11.9 Å². The third-order valence-electron chi connectivity index (χ3n) is 9.94. The van der Waals surface area contributed by atoms with E-state index in [0.29, 0.717) is 110 Å². The number of hydrogen-bond acceptors (Lipinski definition) is 12. The third kappa shape index (κ3) is 9.96. The third-order valence-corrected chi connectivity index (χ3v) is 9.94. The summed E-state index contributed by atoms with van der Waals surface area (Å²) >= 11 is 0. The Bertz CT molecular complexity index is 2570. The molecule has 12 nitrogen and oxygen atoms in total. The number of fused-ring (bicyclic) bond motifs is 9. The number of esters is 2. The van der Waals surface area contributed by atoms with Crippen LogP contribution < -0.4 is 0 Å². The summed E-state index contributed by atoms with van der Waals surface area (Å²) in [4.78, 5) is 65.5. The van der Waals surface area contributed by atoms with Gasteiger partial charge in [0.05, 0.1) is 64.0 Å². The highest BCUT2D eigenvalue weighted by Gasteiger charge is 2.21. The lowest BCUT2D eigenvalue weighted by Gasteiger charge is -2.13. The van der Waals surface area contributed by atoms with Crippen molar-refractivity contribution >= 4 is 84.6 Å². The van der Waals surface area contributed by atoms with Gasteiger partial charge in [-0.05, 0) is 85.2 Å². The first kappa shape index (κ1) is 43.2. The van der Waals surface area contributed by atoms with E-state index in [-0.39, 0.29) is 0 Å². The number of rotatable bonds is 13. The van der Waals surface area contributed by atoms with Gasteiger partial charge in [-0.1, -0.05) is 80.7 Å². The first-order chi connectivity index (χ1) is 28.0. The molecule has 0 fully saturated rings. The van der Waals surface area contributed by atoms with Crippen LogP contribution in [0, 0.1) is 24.7 Å². The fourth-order valence-corrected chi connectivity index (χ4v) is 6.19. The molecule has 304 valence electrons. The predicted molar refractivity (Wildman–Crippen MR) is 230 cm³/mol. The molecule has 0 spiro atoms. The zero-order valence-electron chi connectivity index (χ0n) is 35.1. The monoisotopic (exact) mass is 786 g/mol. The molecule has 0 amide bonds. The average molecular weight is 787 g/mol. The van der Waals surface area contributed by atoms with Crippen molar-refractivity contribution in [2.75, 3.05) is 19.8 Å². The van der Waals surface area contributed by atoms with Crippen LogP contribution in [0.1, 0.15) is 107 Å². The number of hydrogen-bond donors (Lipinski definition) is 0. The highest BCUT2D eigenvalue weighted by Crippen LogP contribution is 2.33. The normalized spacial score (nSPS) is 11.8. The van der Waals surface area contributed by atoms with Crippen molar-refractivity contribution in [2.45, 2.75) is 88.0 Å². The zero-order chi connectivity index (χ0) is 41.9. The van der Waals surface area contributed by atoms with Crippen molar-refractivity contribution < 1.29 is 28.6 Å². The molecule has 1 atom stereocenters. The fourth-order valence-electron chi connectivity index (χ4n) is 6.19. The van der Waals surface area contributed by atoms with Crippen LogP contribution in [0.2, 0.25) is 0 Å². The first-order valence-electron chi connectivity index (χ1n) is 20.4. The maximum atomic E-state index is 13.0. The van der Waals surface area contributed by atoms with Crippen molar-refractivity contribution in [3.63, 3.8) is 0 Å². The van der Waals surface area contributed by atoms with E-state index in [1.807, 2.05) is 52.8 Å². The van der Waals surface area contributed by atoms with Crippen LogP contribution in [0.4, 0.5) is 0 Å². The summed E-state index contributed by atoms with van der Waals surface area (Å²) < 4.78 is 15.6. The lowest BCUT2D eigenvalue weighted by atomic mass is 10.1. The lowest BCUT2D eigenvalue weighted by molar-refractivity contribution is -0.129. The molecular formula is C46H54N6O6. The number of benzene rings is 4. The fraction of sp³-hybridized carbons (Fsp3) is 0.413. The van der Waals surface area contributed by atoms with Crippen molar-refractivity contribution in [3.05, 3.63) is 71.3 Å². The van der Waals surface area contributed by atoms with Crippen LogP contribution >= 0.6 is 0 Å². The van der Waals surface area contributed by atoms with Gasteiger partial charge in [0.1, 0.15) is 33.1 Å². The molecule has 4 aromatic carbocycles. The van der Waals surface area contributed by atoms with E-state index in [9.17, 15) is 14.4 Å². The molecule has 0 aliphatic carbocycles. The molecule has 0 saturated heterocycles. The molecule has 58 heavy (non-hydrogen) atoms. The number of aryl methyl sites for hydroxylation is 1. The van der Waals surface area contributed by atoms with E-state index in [2.05, 4.69) is 32.4 Å². The summed E-state index contributed by atoms with van der Waals surface area (Å²) in [5.41, 5.74) is 8.58. The van der Waals surface area contributed by atoms with E-state index in [1.165, 1.54) is 0 Å². The molecule has 0 aliphatic heterocycles. The largest absolute Gasteiger partial charge is 0.468 e. The van der Waals surface area contributed by atoms with E-state index in [1.54, 1.807) is 36.4 Å². The maximum Gasteiger partial charge on any atom is 0.338 e. The van der Waals surface area contributed by atoms with Gasteiger partial charge in [-0.3, -0.25) is 4.79 Å². The Morgan fingerprint density at radius 1 is 0.586 bits per heavy atom. The number of carbonyl (C=O) groups excluding carboxylic acids is 3. The predicted octanol–water partition coefficient (Wildman–Crippen LogP) is 10.3. The van der Waals surface area contributed by atoms with Crippen LogP contribution in [-0.4, -0.2) is 68.1 Å². The molecular weight excluding hydrogens is 733 g/mol. The van der Waals surface area contributed by atoms with Gasteiger partial charge in [0, 0.05) is 0 Å². The summed E-state index contributed by atoms with van der Waals surface area (Å²) in [5.74, 6) is 0.431. The minimum Gasteiger partial charge on any atom is -0.468 e. The van der Waals surface area contributed by atoms with Crippen molar-refractivity contribution in [1.29, 1.82) is 0 Å². The molecule has 3 aromatic heterocycles. The molecule has 7 rings (SSSR count). The second-order valence-corrected chi connectivity index (χ2v) is 14.7. The highest BCUT2D eigenvalue weighted by atomic mass is 16.5. The Balaban J connectivity index is 0.000000645. The van der Waals surface area contributed by atoms with Crippen molar-refractivity contribution in [2.24, 2.45) is 17.8 Å². The summed E-state index contributed by atoms with van der Waals surface area (Å²) in [5, 5.41) is 0. The summed E-state index contributed by atoms with van der Waals surface area (Å²) in [6.07, 6.45) is 3.71. The highest BCUT2D eigenvalue weighted by molar-refractivity contribution is 6.21. The number of carbonyl (C=O) groups is 3. The Morgan fingerprint density at radius 2 is 1.02 bits per heavy atom. The minimum absolute atomic E-state index is 0.314. The van der Waals surface area contributed by atoms with Crippen LogP contribution in [-0.2, 0) is 19.0 Å². The van der Waals surface area contributed by atoms with Crippen LogP contribution in [0.25, 0.3) is 66.2 Å². The van der Waals surface area contributed by atoms with Gasteiger partial charge in [0.2, 0.25) is 0 Å². The molecule has 0 bridgehead atoms. The molecule has 12 heteroatoms. The Hall–Kier alpha value is -5.91. The Morgan fingerprint density at radius 3 is 1.43 bits per heavy atom. The van der Waals surface area contributed by atoms with E-state index >= 15 is 0 Å². The van der Waals surface area contributed by atoms with E-state index in [0.717, 1.165) is 42.3 Å². The first-order valence-corrected chi connectivity index (χ1v) is 20.4. The van der Waals surface area contributed by atoms with Gasteiger partial charge < -0.3 is 14.2 Å². The molecule has 0 saturated carbocycles. The SMILES string of the molecule is CC.CC(C)COC=O.CCC(C)CCOC(=O)c1ccc2nc3c4nc5ccc(C)cc5nc4c4nc5ccc(C(=O)OCC(CC)CC)cc5nc4c3nc2c1. The number of ether oxygens (including phenoxy) is 3. The minimum atomic E-state index is -0.405. The Kier molecular flexibility index (Phi) is 14.9. The van der Waals surface area contributed by atoms with Gasteiger partial charge in [0.15, 0.2) is 0 Å². The van der Waals surface area contributed by atoms with Gasteiger partial charge in [-0.15, -0.1) is 0 Å². The smallest absolute Gasteiger partial charge is 0.338 e. The van der Waals surface area contributed by atoms with Gasteiger partial charge in [-0.2, -0.15) is 0 Å². The van der Waals surface area contributed by atoms with Gasteiger partial charge in [-0.25, -0.2) is 39.5 Å². The molecule has 3 heterocycles. The van der Waals surface area contributed by atoms with Gasteiger partial charge >= 0.3 is 11.9 Å². The lowest BCUT2D eigenvalue weighted by Crippen LogP contribution is -2.13. The zero-order valence-corrected chi connectivity index (χ0v) is 35.1. The second kappa shape index (κ2) is 20.0. The Labute approximate surface area is 339 Å². The summed E-state index contributed by atoms with van der Waals surface area (Å²) in [6, 6.07) is 16.3. The van der Waals surface area contributed by atoms with Crippen molar-refractivity contribution in [1.82, 2.24) is 29.9 Å². The number of nitrogens with zero attached hydrogens (tertiary/aromatic N) is 6. The van der Waals surface area contributed by atoms with Crippen LogP contribution in [0.3, 0.4) is 0 Å². The molecule has 0 N–H and O–H groups in total. The summed E-state index contributed by atoms with van der Waals surface area (Å²) in [7, 11) is 0. The van der Waals surface area contributed by atoms with Crippen LogP contribution in [0.5, 0.6) is 0 Å². The van der Waals surface area contributed by atoms with Gasteiger partial charge in [0.25, 0.3) is 6.47 Å². The maximum absolute atomic E-state index is 13.0. The molecule has 0 radical (unpaired) electrons. The summed E-state index contributed by atoms with van der Waals surface area (Å²) in [6.45, 7) is 20.2. The molecule has 1 unspecified atom stereocenters. The van der Waals surface area contributed by atoms with Crippen molar-refractivity contribution in [3.8, 4) is 0 Å². The standard InChI is InChI=1S/C39H38N6O4.C5H10O2.C2H6/c1-6-21(4)15-16-48-38(46)24-10-13-27-30(18-24)44-36-33(41-27)32-35(43-29-17-22(5)9-12-26(29)40-32)34-37(36)45-31-19-25(11-14-28(31)42-34)39(47)49-20-23(7-2)8-3;1-5(2)3-7-4-6;1-2/h9-14,17-19,21,23H,6-8,15-16,20H2,1-5H3;4-5H,3H2,1-2H3;1-2H3. The molecule has 0 aliphatic rings. The van der Waals surface area contributed by atoms with Crippen LogP contribution in [0.15, 0.2) is 54.6 Å². The quantitative estimate of drug-likeness (QED) is 0.0359. The topological polar surface area (TPSA) is 156 Å². The molecule has 7 aromatic rings. The second-order valence-electron chi connectivity index (χ2n) is 14.7. The van der Waals surface area contributed by atoms with E-state index in [4.69, 9.17) is 39.4 Å².